The van der Waals surface area contributed by atoms with Gasteiger partial charge in [0.15, 0.2) is 0 Å². The first-order chi connectivity index (χ1) is 8.31. The van der Waals surface area contributed by atoms with Crippen molar-refractivity contribution in [1.82, 2.24) is 10.2 Å². The highest BCUT2D eigenvalue weighted by molar-refractivity contribution is 5.79. The van der Waals surface area contributed by atoms with E-state index in [1.165, 1.54) is 32.1 Å². The van der Waals surface area contributed by atoms with Crippen LogP contribution in [0.25, 0.3) is 0 Å². The van der Waals surface area contributed by atoms with Crippen molar-refractivity contribution in [3.8, 4) is 0 Å². The number of piperidine rings is 1. The molecule has 0 aromatic heterocycles. The van der Waals surface area contributed by atoms with E-state index in [2.05, 4.69) is 10.2 Å². The number of hydrogen-bond donors (Lipinski definition) is 1. The number of carbonyl (C=O) groups is 1. The Morgan fingerprint density at radius 2 is 1.76 bits per heavy atom. The Morgan fingerprint density at radius 3 is 2.35 bits per heavy atom. The van der Waals surface area contributed by atoms with Gasteiger partial charge in [-0.2, -0.15) is 0 Å². The molecule has 1 N–H and O–H groups in total. The summed E-state index contributed by atoms with van der Waals surface area (Å²) in [6.07, 6.45) is 8.47. The summed E-state index contributed by atoms with van der Waals surface area (Å²) in [5.41, 5.74) is 0. The first-order valence-electron chi connectivity index (χ1n) is 7.24. The fraction of sp³-hybridized carbons (Fsp3) is 0.929. The van der Waals surface area contributed by atoms with Crippen LogP contribution in [0.3, 0.4) is 0 Å². The van der Waals surface area contributed by atoms with Crippen LogP contribution in [0.15, 0.2) is 0 Å². The van der Waals surface area contributed by atoms with Crippen molar-refractivity contribution in [2.24, 2.45) is 11.8 Å². The minimum atomic E-state index is 0.351. The van der Waals surface area contributed by atoms with Gasteiger partial charge >= 0.3 is 0 Å². The van der Waals surface area contributed by atoms with Gasteiger partial charge in [-0.15, -0.1) is 0 Å². The van der Waals surface area contributed by atoms with Crippen LogP contribution in [0.4, 0.5) is 0 Å². The summed E-state index contributed by atoms with van der Waals surface area (Å²) < 4.78 is 0. The lowest BCUT2D eigenvalue weighted by Crippen LogP contribution is -2.43. The molecule has 0 aromatic carbocycles. The number of hydrogen-bond acceptors (Lipinski definition) is 2. The number of amides is 1. The predicted octanol–water partition coefficient (Wildman–Crippen LogP) is 2.02. The molecule has 0 radical (unpaired) electrons. The molecular weight excluding hydrogens is 212 g/mol. The summed E-state index contributed by atoms with van der Waals surface area (Å²) in [6.45, 7) is 3.08. The molecule has 1 aliphatic heterocycles. The molecule has 2 aliphatic rings. The van der Waals surface area contributed by atoms with E-state index in [1.807, 2.05) is 7.05 Å². The lowest BCUT2D eigenvalue weighted by atomic mass is 9.87. The van der Waals surface area contributed by atoms with Crippen LogP contribution in [-0.4, -0.2) is 37.5 Å². The molecule has 0 atom stereocenters. The smallest absolute Gasteiger partial charge is 0.225 e. The molecule has 0 aromatic rings. The van der Waals surface area contributed by atoms with Gasteiger partial charge in [0, 0.05) is 19.0 Å². The molecule has 0 bridgehead atoms. The second-order valence-electron chi connectivity index (χ2n) is 5.66. The highest BCUT2D eigenvalue weighted by Gasteiger charge is 2.28. The Morgan fingerprint density at radius 1 is 1.12 bits per heavy atom. The van der Waals surface area contributed by atoms with Crippen molar-refractivity contribution in [2.45, 2.75) is 44.9 Å². The van der Waals surface area contributed by atoms with E-state index in [9.17, 15) is 4.79 Å². The standard InChI is InChI=1S/C14H26N2O/c1-15-11-12-7-9-16(10-8-12)14(17)13-5-3-2-4-6-13/h12-13,15H,2-11H2,1H3. The minimum Gasteiger partial charge on any atom is -0.342 e. The molecule has 0 spiro atoms. The van der Waals surface area contributed by atoms with Crippen LogP contribution < -0.4 is 5.32 Å². The number of carbonyl (C=O) groups excluding carboxylic acids is 1. The average molecular weight is 238 g/mol. The van der Waals surface area contributed by atoms with Gasteiger partial charge in [0.25, 0.3) is 0 Å². The number of nitrogens with one attached hydrogen (secondary N) is 1. The van der Waals surface area contributed by atoms with E-state index < -0.39 is 0 Å². The highest BCUT2D eigenvalue weighted by Crippen LogP contribution is 2.27. The van der Waals surface area contributed by atoms with Gasteiger partial charge in [-0.05, 0) is 45.2 Å². The van der Waals surface area contributed by atoms with E-state index in [4.69, 9.17) is 0 Å². The molecule has 3 heteroatoms. The topological polar surface area (TPSA) is 32.3 Å². The number of likely N-dealkylation sites (tertiary alicyclic amines) is 1. The molecule has 2 fully saturated rings. The van der Waals surface area contributed by atoms with Crippen LogP contribution >= 0.6 is 0 Å². The van der Waals surface area contributed by atoms with Crippen molar-refractivity contribution >= 4 is 5.91 Å². The maximum absolute atomic E-state index is 12.3. The normalized spacial score (nSPS) is 23.9. The predicted molar refractivity (Wildman–Crippen MR) is 69.8 cm³/mol. The Bertz CT molecular complexity index is 241. The molecule has 17 heavy (non-hydrogen) atoms. The van der Waals surface area contributed by atoms with E-state index in [0.29, 0.717) is 11.8 Å². The summed E-state index contributed by atoms with van der Waals surface area (Å²) in [5.74, 6) is 1.58. The third-order valence-corrected chi connectivity index (χ3v) is 4.37. The average Bonchev–Trinajstić information content (AvgIpc) is 2.40. The molecule has 1 aliphatic carbocycles. The lowest BCUT2D eigenvalue weighted by Gasteiger charge is -2.35. The Hall–Kier alpha value is -0.570. The SMILES string of the molecule is CNCC1CCN(C(=O)C2CCCCC2)CC1. The van der Waals surface area contributed by atoms with Gasteiger partial charge in [-0.25, -0.2) is 0 Å². The largest absolute Gasteiger partial charge is 0.342 e. The van der Waals surface area contributed by atoms with Gasteiger partial charge in [0.1, 0.15) is 0 Å². The third kappa shape index (κ3) is 3.44. The molecule has 1 heterocycles. The Kier molecular flexibility index (Phi) is 4.84. The quantitative estimate of drug-likeness (QED) is 0.816. The summed E-state index contributed by atoms with van der Waals surface area (Å²) in [7, 11) is 2.01. The van der Waals surface area contributed by atoms with Gasteiger partial charge < -0.3 is 10.2 Å². The van der Waals surface area contributed by atoms with Gasteiger partial charge in [0.2, 0.25) is 5.91 Å². The van der Waals surface area contributed by atoms with Gasteiger partial charge in [-0.3, -0.25) is 4.79 Å². The molecule has 0 unspecified atom stereocenters. The second-order valence-corrected chi connectivity index (χ2v) is 5.66. The van der Waals surface area contributed by atoms with Gasteiger partial charge in [0.05, 0.1) is 0 Å². The molecule has 98 valence electrons. The first kappa shape index (κ1) is 12.9. The summed E-state index contributed by atoms with van der Waals surface area (Å²) in [5, 5.41) is 3.24. The first-order valence-corrected chi connectivity index (χ1v) is 7.24. The van der Waals surface area contributed by atoms with E-state index in [0.717, 1.165) is 38.4 Å². The van der Waals surface area contributed by atoms with Crippen molar-refractivity contribution in [3.63, 3.8) is 0 Å². The molecule has 3 nitrogen and oxygen atoms in total. The Balaban J connectivity index is 1.77. The van der Waals surface area contributed by atoms with Crippen molar-refractivity contribution in [1.29, 1.82) is 0 Å². The zero-order valence-corrected chi connectivity index (χ0v) is 11.1. The summed E-state index contributed by atoms with van der Waals surface area (Å²) >= 11 is 0. The zero-order valence-electron chi connectivity index (χ0n) is 11.1. The third-order valence-electron chi connectivity index (χ3n) is 4.37. The molecule has 1 amide bonds. The van der Waals surface area contributed by atoms with Gasteiger partial charge in [-0.1, -0.05) is 19.3 Å². The second kappa shape index (κ2) is 6.39. The van der Waals surface area contributed by atoms with Crippen LogP contribution in [0.1, 0.15) is 44.9 Å². The highest BCUT2D eigenvalue weighted by atomic mass is 16.2. The van der Waals surface area contributed by atoms with Crippen molar-refractivity contribution < 1.29 is 4.79 Å². The Labute approximate surface area is 105 Å². The molecular formula is C14H26N2O. The number of nitrogens with zero attached hydrogens (tertiary/aromatic N) is 1. The van der Waals surface area contributed by atoms with Crippen LogP contribution in [0.5, 0.6) is 0 Å². The maximum Gasteiger partial charge on any atom is 0.225 e. The zero-order chi connectivity index (χ0) is 12.1. The monoisotopic (exact) mass is 238 g/mol. The summed E-state index contributed by atoms with van der Waals surface area (Å²) in [6, 6.07) is 0. The maximum atomic E-state index is 12.3. The van der Waals surface area contributed by atoms with E-state index in [-0.39, 0.29) is 0 Å². The van der Waals surface area contributed by atoms with Crippen LogP contribution in [-0.2, 0) is 4.79 Å². The fourth-order valence-corrected chi connectivity index (χ4v) is 3.25. The lowest BCUT2D eigenvalue weighted by molar-refractivity contribution is -0.137. The number of rotatable bonds is 3. The molecule has 1 saturated heterocycles. The fourth-order valence-electron chi connectivity index (χ4n) is 3.25. The van der Waals surface area contributed by atoms with Crippen molar-refractivity contribution in [3.05, 3.63) is 0 Å². The van der Waals surface area contributed by atoms with Crippen LogP contribution in [0.2, 0.25) is 0 Å². The molecule has 1 saturated carbocycles. The van der Waals surface area contributed by atoms with E-state index in [1.54, 1.807) is 0 Å². The van der Waals surface area contributed by atoms with Crippen LogP contribution in [0, 0.1) is 11.8 Å². The minimum absolute atomic E-state index is 0.351. The summed E-state index contributed by atoms with van der Waals surface area (Å²) in [4.78, 5) is 14.5. The van der Waals surface area contributed by atoms with E-state index >= 15 is 0 Å². The molecule has 2 rings (SSSR count). The van der Waals surface area contributed by atoms with Crippen molar-refractivity contribution in [2.75, 3.05) is 26.7 Å².